The molecule has 1 rings (SSSR count). The number of nitrogens with zero attached hydrogens (tertiary/aromatic N) is 1. The summed E-state index contributed by atoms with van der Waals surface area (Å²) < 4.78 is 0. The third-order valence-corrected chi connectivity index (χ3v) is 2.53. The molecule has 0 fully saturated rings. The molecule has 4 N–H and O–H groups in total. The fraction of sp³-hybridized carbons (Fsp3) is 0.667. The van der Waals surface area contributed by atoms with E-state index in [2.05, 4.69) is 36.3 Å². The molecule has 96 valence electrons. The van der Waals surface area contributed by atoms with Gasteiger partial charge in [-0.15, -0.1) is 0 Å². The van der Waals surface area contributed by atoms with Gasteiger partial charge in [-0.25, -0.2) is 0 Å². The normalized spacial score (nSPS) is 13.4. The molecule has 1 heterocycles. The van der Waals surface area contributed by atoms with Crippen molar-refractivity contribution in [3.63, 3.8) is 0 Å². The Hall–Kier alpha value is -1.36. The van der Waals surface area contributed by atoms with Gasteiger partial charge in [0.15, 0.2) is 0 Å². The summed E-state index contributed by atoms with van der Waals surface area (Å²) in [4.78, 5) is 11.9. The van der Waals surface area contributed by atoms with E-state index >= 15 is 0 Å². The molecule has 1 unspecified atom stereocenters. The second-order valence-corrected chi connectivity index (χ2v) is 5.50. The van der Waals surface area contributed by atoms with Gasteiger partial charge in [0.25, 0.3) is 0 Å². The molecule has 0 aromatic carbocycles. The van der Waals surface area contributed by atoms with E-state index < -0.39 is 0 Å². The largest absolute Gasteiger partial charge is 0.350 e. The van der Waals surface area contributed by atoms with Gasteiger partial charge < -0.3 is 11.1 Å². The smallest absolute Gasteiger partial charge is 0.224 e. The number of rotatable bonds is 5. The summed E-state index contributed by atoms with van der Waals surface area (Å²) in [5.74, 6) is -0.116. The number of amides is 1. The molecule has 5 nitrogen and oxygen atoms in total. The molecule has 0 aliphatic heterocycles. The van der Waals surface area contributed by atoms with Crippen molar-refractivity contribution < 1.29 is 4.79 Å². The zero-order valence-corrected chi connectivity index (χ0v) is 10.8. The van der Waals surface area contributed by atoms with Crippen LogP contribution in [0.15, 0.2) is 12.3 Å². The van der Waals surface area contributed by atoms with E-state index in [4.69, 9.17) is 5.73 Å². The van der Waals surface area contributed by atoms with Crippen molar-refractivity contribution in [2.24, 2.45) is 17.1 Å². The maximum absolute atomic E-state index is 11.9. The van der Waals surface area contributed by atoms with Crippen molar-refractivity contribution in [3.05, 3.63) is 18.0 Å². The van der Waals surface area contributed by atoms with E-state index in [0.29, 0.717) is 13.1 Å². The van der Waals surface area contributed by atoms with E-state index in [1.165, 1.54) is 0 Å². The first kappa shape index (κ1) is 13.7. The van der Waals surface area contributed by atoms with Gasteiger partial charge in [0.05, 0.1) is 18.2 Å². The standard InChI is InChI=1S/C12H22N4O/c1-12(2,3)6-9(7-13)11(17)14-8-10-4-5-15-16-10/h4-5,9H,6-8,13H2,1-3H3,(H,14,17)(H,15,16). The summed E-state index contributed by atoms with van der Waals surface area (Å²) >= 11 is 0. The van der Waals surface area contributed by atoms with Crippen LogP contribution < -0.4 is 11.1 Å². The summed E-state index contributed by atoms with van der Waals surface area (Å²) in [6.45, 7) is 7.18. The zero-order valence-electron chi connectivity index (χ0n) is 10.8. The van der Waals surface area contributed by atoms with Crippen LogP contribution in [0.2, 0.25) is 0 Å². The molecule has 1 atom stereocenters. The van der Waals surface area contributed by atoms with Gasteiger partial charge in [-0.3, -0.25) is 9.89 Å². The molecule has 17 heavy (non-hydrogen) atoms. The molecule has 1 aromatic rings. The Morgan fingerprint density at radius 2 is 2.29 bits per heavy atom. The number of carbonyl (C=O) groups excluding carboxylic acids is 1. The van der Waals surface area contributed by atoms with Gasteiger partial charge in [0.2, 0.25) is 5.91 Å². The zero-order chi connectivity index (χ0) is 12.9. The van der Waals surface area contributed by atoms with Gasteiger partial charge in [0, 0.05) is 12.7 Å². The second-order valence-electron chi connectivity index (χ2n) is 5.50. The third kappa shape index (κ3) is 4.99. The molecule has 0 bridgehead atoms. The summed E-state index contributed by atoms with van der Waals surface area (Å²) in [5.41, 5.74) is 6.65. The van der Waals surface area contributed by atoms with Gasteiger partial charge in [0.1, 0.15) is 0 Å². The van der Waals surface area contributed by atoms with E-state index in [9.17, 15) is 4.79 Å². The van der Waals surface area contributed by atoms with Crippen LogP contribution in [-0.4, -0.2) is 22.6 Å². The van der Waals surface area contributed by atoms with Crippen LogP contribution >= 0.6 is 0 Å². The SMILES string of the molecule is CC(C)(C)CC(CN)C(=O)NCc1ccn[nH]1. The molecule has 0 spiro atoms. The number of aromatic nitrogens is 2. The van der Waals surface area contributed by atoms with Crippen LogP contribution in [0.4, 0.5) is 0 Å². The van der Waals surface area contributed by atoms with Crippen LogP contribution in [0.1, 0.15) is 32.9 Å². The number of H-pyrrole nitrogens is 1. The second kappa shape index (κ2) is 5.82. The lowest BCUT2D eigenvalue weighted by Gasteiger charge is -2.24. The highest BCUT2D eigenvalue weighted by Gasteiger charge is 2.23. The third-order valence-electron chi connectivity index (χ3n) is 2.53. The minimum Gasteiger partial charge on any atom is -0.350 e. The molecule has 0 radical (unpaired) electrons. The van der Waals surface area contributed by atoms with Gasteiger partial charge in [-0.05, 0) is 17.9 Å². The van der Waals surface area contributed by atoms with E-state index in [1.54, 1.807) is 6.20 Å². The predicted molar refractivity (Wildman–Crippen MR) is 67.1 cm³/mol. The van der Waals surface area contributed by atoms with Crippen LogP contribution in [0.25, 0.3) is 0 Å². The van der Waals surface area contributed by atoms with Gasteiger partial charge >= 0.3 is 0 Å². The van der Waals surface area contributed by atoms with Gasteiger partial charge in [-0.2, -0.15) is 5.10 Å². The Labute approximate surface area is 102 Å². The van der Waals surface area contributed by atoms with Crippen molar-refractivity contribution in [1.29, 1.82) is 0 Å². The number of nitrogens with two attached hydrogens (primary N) is 1. The monoisotopic (exact) mass is 238 g/mol. The minimum absolute atomic E-state index is 0.0111. The molecule has 0 aliphatic carbocycles. The summed E-state index contributed by atoms with van der Waals surface area (Å²) in [7, 11) is 0. The lowest BCUT2D eigenvalue weighted by Crippen LogP contribution is -2.36. The van der Waals surface area contributed by atoms with Crippen LogP contribution in [-0.2, 0) is 11.3 Å². The van der Waals surface area contributed by atoms with E-state index in [0.717, 1.165) is 12.1 Å². The maximum atomic E-state index is 11.9. The Morgan fingerprint density at radius 3 is 2.76 bits per heavy atom. The first-order valence-electron chi connectivity index (χ1n) is 5.88. The highest BCUT2D eigenvalue weighted by molar-refractivity contribution is 5.78. The summed E-state index contributed by atoms with van der Waals surface area (Å²) in [6, 6.07) is 1.83. The van der Waals surface area contributed by atoms with Crippen molar-refractivity contribution in [2.45, 2.75) is 33.7 Å². The molecular weight excluding hydrogens is 216 g/mol. The number of carbonyl (C=O) groups is 1. The van der Waals surface area contributed by atoms with Crippen molar-refractivity contribution in [1.82, 2.24) is 15.5 Å². The van der Waals surface area contributed by atoms with Crippen LogP contribution in [0.5, 0.6) is 0 Å². The predicted octanol–water partition coefficient (Wildman–Crippen LogP) is 1.04. The quantitative estimate of drug-likeness (QED) is 0.716. The number of hydrogen-bond donors (Lipinski definition) is 3. The van der Waals surface area contributed by atoms with Crippen LogP contribution in [0.3, 0.4) is 0 Å². The van der Waals surface area contributed by atoms with E-state index in [-0.39, 0.29) is 17.2 Å². The topological polar surface area (TPSA) is 83.8 Å². The molecule has 0 saturated heterocycles. The van der Waals surface area contributed by atoms with Crippen molar-refractivity contribution in [2.75, 3.05) is 6.54 Å². The molecule has 1 aromatic heterocycles. The molecule has 0 aliphatic rings. The highest BCUT2D eigenvalue weighted by atomic mass is 16.1. The molecule has 1 amide bonds. The Bertz CT molecular complexity index is 340. The molecular formula is C12H22N4O. The number of hydrogen-bond acceptors (Lipinski definition) is 3. The lowest BCUT2D eigenvalue weighted by atomic mass is 9.84. The fourth-order valence-corrected chi connectivity index (χ4v) is 1.73. The van der Waals surface area contributed by atoms with Crippen molar-refractivity contribution >= 4 is 5.91 Å². The molecule has 5 heteroatoms. The van der Waals surface area contributed by atoms with Gasteiger partial charge in [-0.1, -0.05) is 20.8 Å². The molecule has 0 saturated carbocycles. The average molecular weight is 238 g/mol. The van der Waals surface area contributed by atoms with Crippen molar-refractivity contribution in [3.8, 4) is 0 Å². The highest BCUT2D eigenvalue weighted by Crippen LogP contribution is 2.23. The number of aromatic amines is 1. The summed E-state index contributed by atoms with van der Waals surface area (Å²) in [6.07, 6.45) is 2.45. The lowest BCUT2D eigenvalue weighted by molar-refractivity contribution is -0.125. The number of nitrogens with one attached hydrogen (secondary N) is 2. The first-order chi connectivity index (χ1) is 7.92. The fourth-order valence-electron chi connectivity index (χ4n) is 1.73. The average Bonchev–Trinajstić information content (AvgIpc) is 2.74. The summed E-state index contributed by atoms with van der Waals surface area (Å²) in [5, 5.41) is 9.49. The minimum atomic E-state index is -0.127. The first-order valence-corrected chi connectivity index (χ1v) is 5.88. The Kier molecular flexibility index (Phi) is 4.69. The van der Waals surface area contributed by atoms with Crippen LogP contribution in [0, 0.1) is 11.3 Å². The van der Waals surface area contributed by atoms with E-state index in [1.807, 2.05) is 6.07 Å². The maximum Gasteiger partial charge on any atom is 0.224 e. The Balaban J connectivity index is 2.44. The Morgan fingerprint density at radius 1 is 1.59 bits per heavy atom.